The summed E-state index contributed by atoms with van der Waals surface area (Å²) in [6.45, 7) is 4.58. The van der Waals surface area contributed by atoms with E-state index in [2.05, 4.69) is 4.18 Å². The molecule has 0 aliphatic carbocycles. The van der Waals surface area contributed by atoms with Crippen molar-refractivity contribution in [2.45, 2.75) is 13.8 Å². The number of nitrogens with zero attached hydrogens (tertiary/aromatic N) is 1. The normalized spacial score (nSPS) is 13.7. The molecule has 0 amide bonds. The molecule has 0 heterocycles. The van der Waals surface area contributed by atoms with E-state index in [9.17, 15) is 8.42 Å². The van der Waals surface area contributed by atoms with E-state index in [4.69, 9.17) is 4.28 Å². The third-order valence-corrected chi connectivity index (χ3v) is 2.30. The fraction of sp³-hybridized carbons (Fsp3) is 1.00. The number of hydrogen-bond acceptors (Lipinski definition) is 4. The van der Waals surface area contributed by atoms with Crippen LogP contribution in [0.4, 0.5) is 0 Å². The first kappa shape index (κ1) is 12.8. The summed E-state index contributed by atoms with van der Waals surface area (Å²) in [7, 11) is 0.550. The van der Waals surface area contributed by atoms with Gasteiger partial charge in [0.1, 0.15) is 6.54 Å². The van der Waals surface area contributed by atoms with Gasteiger partial charge in [-0.1, -0.05) is 13.8 Å². The Morgan fingerprint density at radius 2 is 1.77 bits per heavy atom. The van der Waals surface area contributed by atoms with Crippen molar-refractivity contribution in [3.63, 3.8) is 0 Å². The van der Waals surface area contributed by atoms with Crippen molar-refractivity contribution in [3.8, 4) is 0 Å². The van der Waals surface area contributed by atoms with E-state index >= 15 is 0 Å². The van der Waals surface area contributed by atoms with Crippen molar-refractivity contribution in [1.82, 2.24) is 0 Å². The van der Waals surface area contributed by atoms with Crippen molar-refractivity contribution >= 4 is 10.4 Å². The molecule has 6 heteroatoms. The zero-order valence-electron chi connectivity index (χ0n) is 8.77. The molecule has 0 saturated heterocycles. The fourth-order valence-corrected chi connectivity index (χ4v) is 1.80. The van der Waals surface area contributed by atoms with Gasteiger partial charge in [0, 0.05) is 5.92 Å². The van der Waals surface area contributed by atoms with E-state index in [1.807, 2.05) is 13.8 Å². The maximum absolute atomic E-state index is 10.9. The molecule has 0 aliphatic rings. The van der Waals surface area contributed by atoms with Crippen molar-refractivity contribution in [1.29, 1.82) is 0 Å². The SMILES string of the molecule is COS(=O)(=O)O[N+](C)(C)CC(C)C. The standard InChI is InChI=1S/C7H18NO4S/c1-7(2)6-8(3,4)12-13(9,10)11-5/h7H,6H2,1-5H3/q+1. The summed E-state index contributed by atoms with van der Waals surface area (Å²) in [4.78, 5) is 0. The molecule has 0 aromatic carbocycles. The van der Waals surface area contributed by atoms with Crippen LogP contribution in [0.15, 0.2) is 0 Å². The summed E-state index contributed by atoms with van der Waals surface area (Å²) in [6.07, 6.45) is 0. The van der Waals surface area contributed by atoms with Crippen molar-refractivity contribution < 1.29 is 21.5 Å². The molecule has 0 aliphatic heterocycles. The second-order valence-electron chi connectivity index (χ2n) is 3.80. The highest BCUT2D eigenvalue weighted by atomic mass is 32.3. The molecule has 13 heavy (non-hydrogen) atoms. The summed E-state index contributed by atoms with van der Waals surface area (Å²) < 4.78 is 30.8. The third-order valence-electron chi connectivity index (χ3n) is 1.30. The topological polar surface area (TPSA) is 52.6 Å². The lowest BCUT2D eigenvalue weighted by atomic mass is 10.2. The quantitative estimate of drug-likeness (QED) is 0.493. The summed E-state index contributed by atoms with van der Waals surface area (Å²) in [5.74, 6) is 0.349. The van der Waals surface area contributed by atoms with Gasteiger partial charge >= 0.3 is 10.4 Å². The molecule has 5 nitrogen and oxygen atoms in total. The minimum atomic E-state index is -3.85. The van der Waals surface area contributed by atoms with Gasteiger partial charge in [-0.05, 0) is 4.28 Å². The van der Waals surface area contributed by atoms with Crippen LogP contribution in [0.1, 0.15) is 13.8 Å². The van der Waals surface area contributed by atoms with Crippen molar-refractivity contribution in [2.75, 3.05) is 27.7 Å². The molecular formula is C7H18NO4S+. The van der Waals surface area contributed by atoms with Gasteiger partial charge in [0.05, 0.1) is 21.2 Å². The van der Waals surface area contributed by atoms with Gasteiger partial charge in [-0.15, -0.1) is 0 Å². The van der Waals surface area contributed by atoms with Crippen molar-refractivity contribution in [3.05, 3.63) is 0 Å². The second-order valence-corrected chi connectivity index (χ2v) is 5.10. The zero-order valence-corrected chi connectivity index (χ0v) is 9.59. The first-order chi connectivity index (χ1) is 5.68. The molecule has 0 aromatic heterocycles. The van der Waals surface area contributed by atoms with Crippen LogP contribution < -0.4 is 0 Å². The monoisotopic (exact) mass is 212 g/mol. The Kier molecular flexibility index (Phi) is 4.31. The predicted octanol–water partition coefficient (Wildman–Crippen LogP) is 0.542. The van der Waals surface area contributed by atoms with Gasteiger partial charge in [0.2, 0.25) is 0 Å². The first-order valence-electron chi connectivity index (χ1n) is 4.03. The van der Waals surface area contributed by atoms with E-state index < -0.39 is 10.4 Å². The van der Waals surface area contributed by atoms with Crippen LogP contribution >= 0.6 is 0 Å². The average molecular weight is 212 g/mol. The van der Waals surface area contributed by atoms with E-state index in [0.29, 0.717) is 12.5 Å². The van der Waals surface area contributed by atoms with E-state index in [1.54, 1.807) is 14.1 Å². The maximum atomic E-state index is 10.9. The molecule has 0 bridgehead atoms. The highest BCUT2D eigenvalue weighted by Crippen LogP contribution is 2.09. The number of hydroxylamine groups is 3. The van der Waals surface area contributed by atoms with Crippen LogP contribution in [0.3, 0.4) is 0 Å². The minimum absolute atomic E-state index is 0.0617. The van der Waals surface area contributed by atoms with Gasteiger partial charge in [0.25, 0.3) is 0 Å². The number of hydrogen-bond donors (Lipinski definition) is 0. The number of quaternary nitrogens is 1. The number of rotatable bonds is 5. The van der Waals surface area contributed by atoms with E-state index in [1.165, 1.54) is 0 Å². The van der Waals surface area contributed by atoms with Crippen LogP contribution in [0, 0.1) is 5.92 Å². The van der Waals surface area contributed by atoms with Crippen LogP contribution in [-0.4, -0.2) is 40.8 Å². The average Bonchev–Trinajstić information content (AvgIpc) is 1.81. The molecule has 0 aromatic rings. The van der Waals surface area contributed by atoms with Gasteiger partial charge in [-0.2, -0.15) is 13.1 Å². The Balaban J connectivity index is 4.33. The van der Waals surface area contributed by atoms with E-state index in [-0.39, 0.29) is 4.65 Å². The molecule has 0 fully saturated rings. The van der Waals surface area contributed by atoms with Gasteiger partial charge in [-0.25, -0.2) is 4.18 Å². The molecule has 0 rings (SSSR count). The Labute approximate surface area is 80.1 Å². The lowest BCUT2D eigenvalue weighted by Gasteiger charge is -2.26. The van der Waals surface area contributed by atoms with Gasteiger partial charge < -0.3 is 0 Å². The molecule has 0 N–H and O–H groups in total. The Morgan fingerprint density at radius 3 is 2.08 bits per heavy atom. The van der Waals surface area contributed by atoms with Gasteiger partial charge in [-0.3, -0.25) is 0 Å². The lowest BCUT2D eigenvalue weighted by Crippen LogP contribution is -2.44. The molecule has 80 valence electrons. The van der Waals surface area contributed by atoms with Crippen LogP contribution in [-0.2, 0) is 18.9 Å². The van der Waals surface area contributed by atoms with Crippen molar-refractivity contribution in [2.24, 2.45) is 5.92 Å². The molecule has 0 atom stereocenters. The minimum Gasteiger partial charge on any atom is -0.248 e. The van der Waals surface area contributed by atoms with Gasteiger partial charge in [0.15, 0.2) is 0 Å². The lowest BCUT2D eigenvalue weighted by molar-refractivity contribution is -1.05. The highest BCUT2D eigenvalue weighted by molar-refractivity contribution is 7.81. The second kappa shape index (κ2) is 4.36. The summed E-state index contributed by atoms with van der Waals surface area (Å²) in [5.41, 5.74) is 0. The molecule has 0 unspecified atom stereocenters. The summed E-state index contributed by atoms with van der Waals surface area (Å²) >= 11 is 0. The third kappa shape index (κ3) is 5.98. The Hall–Kier alpha value is -0.170. The van der Waals surface area contributed by atoms with E-state index in [0.717, 1.165) is 7.11 Å². The smallest absolute Gasteiger partial charge is 0.248 e. The van der Waals surface area contributed by atoms with Crippen LogP contribution in [0.2, 0.25) is 0 Å². The predicted molar refractivity (Wildman–Crippen MR) is 48.8 cm³/mol. The fourth-order valence-electron chi connectivity index (χ4n) is 1.19. The first-order valence-corrected chi connectivity index (χ1v) is 5.36. The summed E-state index contributed by atoms with van der Waals surface area (Å²) in [6, 6.07) is 0. The Bertz CT molecular complexity index is 245. The van der Waals surface area contributed by atoms with Crippen LogP contribution in [0.5, 0.6) is 0 Å². The zero-order chi connectivity index (χ0) is 10.7. The van der Waals surface area contributed by atoms with Crippen LogP contribution in [0.25, 0.3) is 0 Å². The Morgan fingerprint density at radius 1 is 1.31 bits per heavy atom. The highest BCUT2D eigenvalue weighted by Gasteiger charge is 2.27. The molecule has 0 spiro atoms. The summed E-state index contributed by atoms with van der Waals surface area (Å²) in [5, 5.41) is 0. The molecule has 0 saturated carbocycles. The molecule has 0 radical (unpaired) electrons. The maximum Gasteiger partial charge on any atom is 0.444 e. The molecular weight excluding hydrogens is 194 g/mol. The largest absolute Gasteiger partial charge is 0.444 e.